The Morgan fingerprint density at radius 1 is 1.54 bits per heavy atom. The number of amides is 2. The maximum Gasteiger partial charge on any atom is 0.321 e. The number of nitrogens with zero attached hydrogens (tertiary/aromatic N) is 3. The molecule has 1 saturated heterocycles. The van der Waals surface area contributed by atoms with Gasteiger partial charge in [-0.1, -0.05) is 11.3 Å². The number of carbonyl (C=O) groups is 1. The van der Waals surface area contributed by atoms with E-state index in [1.165, 1.54) is 11.3 Å². The van der Waals surface area contributed by atoms with E-state index < -0.39 is 12.1 Å². The van der Waals surface area contributed by atoms with Crippen LogP contribution in [-0.2, 0) is 11.8 Å². The second-order valence-corrected chi connectivity index (χ2v) is 6.78. The molecule has 1 aliphatic rings. The van der Waals surface area contributed by atoms with Crippen LogP contribution in [0.5, 0.6) is 0 Å². The Balaban J connectivity index is 1.47. The molecule has 2 aromatic rings. The Hall–Kier alpha value is -1.97. The minimum Gasteiger partial charge on any atom is -0.386 e. The Kier molecular flexibility index (Phi) is 5.44. The lowest BCUT2D eigenvalue weighted by molar-refractivity contribution is 0.0171. The Morgan fingerprint density at radius 2 is 2.42 bits per heavy atom. The van der Waals surface area contributed by atoms with Crippen LogP contribution in [0.2, 0.25) is 0 Å². The standard InChI is InChI=1S/C15H21N5O3S/c1-20-9-10(6-18-20)11(21)7-16-14(22)19-15-17-8-13(24-15)12-4-2-3-5-23-12/h6,8-9,11-12,21H,2-5,7H2,1H3,(H2,16,17,19,22). The minimum atomic E-state index is -0.799. The average Bonchev–Trinajstić information content (AvgIpc) is 3.23. The molecule has 0 radical (unpaired) electrons. The van der Waals surface area contributed by atoms with E-state index in [0.29, 0.717) is 10.7 Å². The zero-order chi connectivity index (χ0) is 16.9. The van der Waals surface area contributed by atoms with Crippen LogP contribution in [0.3, 0.4) is 0 Å². The Morgan fingerprint density at radius 3 is 3.12 bits per heavy atom. The summed E-state index contributed by atoms with van der Waals surface area (Å²) < 4.78 is 7.31. The van der Waals surface area contributed by atoms with Crippen molar-refractivity contribution in [2.75, 3.05) is 18.5 Å². The van der Waals surface area contributed by atoms with Gasteiger partial charge in [0.2, 0.25) is 0 Å². The molecular formula is C15H21N5O3S. The normalized spacial score (nSPS) is 19.0. The van der Waals surface area contributed by atoms with Crippen molar-refractivity contribution in [2.24, 2.45) is 7.05 Å². The molecule has 3 heterocycles. The SMILES string of the molecule is Cn1cc(C(O)CNC(=O)Nc2ncc(C3CCCCO3)s2)cn1. The van der Waals surface area contributed by atoms with Gasteiger partial charge in [0.25, 0.3) is 0 Å². The van der Waals surface area contributed by atoms with Crippen LogP contribution in [0.25, 0.3) is 0 Å². The van der Waals surface area contributed by atoms with E-state index in [0.717, 1.165) is 30.7 Å². The monoisotopic (exact) mass is 351 g/mol. The summed E-state index contributed by atoms with van der Waals surface area (Å²) in [7, 11) is 1.77. The van der Waals surface area contributed by atoms with Crippen molar-refractivity contribution in [1.29, 1.82) is 0 Å². The van der Waals surface area contributed by atoms with Gasteiger partial charge in [-0.3, -0.25) is 10.00 Å². The number of thiazole rings is 1. The highest BCUT2D eigenvalue weighted by molar-refractivity contribution is 7.15. The quantitative estimate of drug-likeness (QED) is 0.764. The first kappa shape index (κ1) is 16.9. The number of aliphatic hydroxyl groups is 1. The average molecular weight is 351 g/mol. The van der Waals surface area contributed by atoms with Gasteiger partial charge in [0.05, 0.1) is 23.3 Å². The molecule has 130 valence electrons. The van der Waals surface area contributed by atoms with Gasteiger partial charge in [-0.25, -0.2) is 9.78 Å². The maximum atomic E-state index is 11.9. The van der Waals surface area contributed by atoms with Gasteiger partial charge in [-0.2, -0.15) is 5.10 Å². The van der Waals surface area contributed by atoms with Crippen LogP contribution in [0.15, 0.2) is 18.6 Å². The van der Waals surface area contributed by atoms with Crippen LogP contribution in [0.4, 0.5) is 9.93 Å². The Labute approximate surface area is 143 Å². The van der Waals surface area contributed by atoms with Crippen molar-refractivity contribution >= 4 is 22.5 Å². The highest BCUT2D eigenvalue weighted by Crippen LogP contribution is 2.33. The summed E-state index contributed by atoms with van der Waals surface area (Å²) in [6.07, 6.45) is 7.56. The first-order valence-electron chi connectivity index (χ1n) is 7.90. The second-order valence-electron chi connectivity index (χ2n) is 5.72. The van der Waals surface area contributed by atoms with E-state index >= 15 is 0 Å². The van der Waals surface area contributed by atoms with E-state index in [-0.39, 0.29) is 12.6 Å². The molecule has 8 nitrogen and oxygen atoms in total. The number of aromatic nitrogens is 3. The number of anilines is 1. The summed E-state index contributed by atoms with van der Waals surface area (Å²) in [4.78, 5) is 17.2. The van der Waals surface area contributed by atoms with E-state index in [1.54, 1.807) is 30.3 Å². The maximum absolute atomic E-state index is 11.9. The molecular weight excluding hydrogens is 330 g/mol. The summed E-state index contributed by atoms with van der Waals surface area (Å²) >= 11 is 1.42. The van der Waals surface area contributed by atoms with Gasteiger partial charge in [0.15, 0.2) is 5.13 Å². The largest absolute Gasteiger partial charge is 0.386 e. The molecule has 1 aliphatic heterocycles. The van der Waals surface area contributed by atoms with Crippen molar-refractivity contribution in [3.63, 3.8) is 0 Å². The lowest BCUT2D eigenvalue weighted by Crippen LogP contribution is -2.32. The highest BCUT2D eigenvalue weighted by Gasteiger charge is 2.19. The topological polar surface area (TPSA) is 101 Å². The van der Waals surface area contributed by atoms with Crippen molar-refractivity contribution in [3.8, 4) is 0 Å². The van der Waals surface area contributed by atoms with Gasteiger partial charge in [0.1, 0.15) is 0 Å². The van der Waals surface area contributed by atoms with E-state index in [1.807, 2.05) is 0 Å². The zero-order valence-electron chi connectivity index (χ0n) is 13.4. The number of aryl methyl sites for hydroxylation is 1. The summed E-state index contributed by atoms with van der Waals surface area (Å²) in [5.41, 5.74) is 0.656. The number of hydrogen-bond donors (Lipinski definition) is 3. The van der Waals surface area contributed by atoms with E-state index in [9.17, 15) is 9.90 Å². The van der Waals surface area contributed by atoms with Crippen molar-refractivity contribution in [1.82, 2.24) is 20.1 Å². The van der Waals surface area contributed by atoms with Gasteiger partial charge in [-0.05, 0) is 19.3 Å². The number of rotatable bonds is 5. The van der Waals surface area contributed by atoms with Crippen molar-refractivity contribution in [2.45, 2.75) is 31.5 Å². The summed E-state index contributed by atoms with van der Waals surface area (Å²) in [5.74, 6) is 0. The minimum absolute atomic E-state index is 0.0854. The third-order valence-corrected chi connectivity index (χ3v) is 4.81. The van der Waals surface area contributed by atoms with Crippen molar-refractivity contribution in [3.05, 3.63) is 29.0 Å². The lowest BCUT2D eigenvalue weighted by atomic mass is 10.1. The number of carbonyl (C=O) groups excluding carboxylic acids is 1. The highest BCUT2D eigenvalue weighted by atomic mass is 32.1. The van der Waals surface area contributed by atoms with Crippen LogP contribution in [-0.4, -0.2) is 39.1 Å². The first-order chi connectivity index (χ1) is 11.6. The molecule has 3 N–H and O–H groups in total. The number of ether oxygens (including phenoxy) is 1. The van der Waals surface area contributed by atoms with Gasteiger partial charge >= 0.3 is 6.03 Å². The molecule has 9 heteroatoms. The fourth-order valence-corrected chi connectivity index (χ4v) is 3.41. The first-order valence-corrected chi connectivity index (χ1v) is 8.72. The van der Waals surface area contributed by atoms with Crippen LogP contribution >= 0.6 is 11.3 Å². The molecule has 2 amide bonds. The van der Waals surface area contributed by atoms with E-state index in [2.05, 4.69) is 20.7 Å². The second kappa shape index (κ2) is 7.73. The van der Waals surface area contributed by atoms with Crippen molar-refractivity contribution < 1.29 is 14.6 Å². The number of hydrogen-bond acceptors (Lipinski definition) is 6. The number of urea groups is 1. The number of aliphatic hydroxyl groups excluding tert-OH is 1. The van der Waals surface area contributed by atoms with Gasteiger partial charge in [0, 0.05) is 38.2 Å². The fraction of sp³-hybridized carbons (Fsp3) is 0.533. The van der Waals surface area contributed by atoms with Gasteiger partial charge in [-0.15, -0.1) is 0 Å². The lowest BCUT2D eigenvalue weighted by Gasteiger charge is -2.20. The smallest absolute Gasteiger partial charge is 0.321 e. The van der Waals surface area contributed by atoms with Crippen LogP contribution in [0.1, 0.15) is 41.9 Å². The third kappa shape index (κ3) is 4.31. The summed E-state index contributed by atoms with van der Waals surface area (Å²) in [6, 6.07) is -0.400. The molecule has 2 aromatic heterocycles. The molecule has 0 bridgehead atoms. The molecule has 0 aliphatic carbocycles. The predicted molar refractivity (Wildman–Crippen MR) is 89.8 cm³/mol. The molecule has 0 aromatic carbocycles. The molecule has 24 heavy (non-hydrogen) atoms. The fourth-order valence-electron chi connectivity index (χ4n) is 2.52. The molecule has 3 rings (SSSR count). The molecule has 0 spiro atoms. The van der Waals surface area contributed by atoms with Crippen LogP contribution in [0, 0.1) is 0 Å². The molecule has 2 unspecified atom stereocenters. The molecule has 1 fully saturated rings. The van der Waals surface area contributed by atoms with Crippen LogP contribution < -0.4 is 10.6 Å². The summed E-state index contributed by atoms with van der Waals surface area (Å²) in [6.45, 7) is 0.875. The molecule has 2 atom stereocenters. The molecule has 0 saturated carbocycles. The van der Waals surface area contributed by atoms with E-state index in [4.69, 9.17) is 4.74 Å². The zero-order valence-corrected chi connectivity index (χ0v) is 14.3. The summed E-state index contributed by atoms with van der Waals surface area (Å²) in [5, 5.41) is 19.8. The third-order valence-electron chi connectivity index (χ3n) is 3.81. The number of nitrogens with one attached hydrogen (secondary N) is 2. The predicted octanol–water partition coefficient (Wildman–Crippen LogP) is 1.97. The van der Waals surface area contributed by atoms with Gasteiger partial charge < -0.3 is 15.2 Å². The Bertz CT molecular complexity index is 680.